The molecule has 2 amide bonds. The Morgan fingerprint density at radius 1 is 0.938 bits per heavy atom. The van der Waals surface area contributed by atoms with Gasteiger partial charge in [0.15, 0.2) is 11.3 Å². The molecule has 1 aliphatic heterocycles. The molecule has 32 heavy (non-hydrogen) atoms. The summed E-state index contributed by atoms with van der Waals surface area (Å²) in [4.78, 5) is 40.9. The normalized spacial score (nSPS) is 17.1. The van der Waals surface area contributed by atoms with E-state index in [0.29, 0.717) is 29.1 Å². The van der Waals surface area contributed by atoms with Crippen molar-refractivity contribution >= 4 is 23.3 Å². The lowest BCUT2D eigenvalue weighted by Gasteiger charge is -2.29. The highest BCUT2D eigenvalue weighted by atomic mass is 16.5. The van der Waals surface area contributed by atoms with Gasteiger partial charge in [-0.2, -0.15) is 0 Å². The predicted octanol–water partition coefficient (Wildman–Crippen LogP) is 3.85. The molecule has 0 fully saturated rings. The molecule has 3 aromatic rings. The number of carbonyl (C=O) groups excluding carboxylic acids is 3. The second-order valence-corrected chi connectivity index (χ2v) is 7.81. The zero-order valence-corrected chi connectivity index (χ0v) is 18.0. The highest BCUT2D eigenvalue weighted by Crippen LogP contribution is 2.43. The molecule has 3 aromatic carbocycles. The van der Waals surface area contributed by atoms with Crippen LogP contribution < -0.4 is 15.0 Å². The molecule has 0 spiro atoms. The largest absolute Gasteiger partial charge is 0.497 e. The van der Waals surface area contributed by atoms with Crippen molar-refractivity contribution < 1.29 is 19.1 Å². The zero-order chi connectivity index (χ0) is 22.7. The van der Waals surface area contributed by atoms with Gasteiger partial charge in [0.1, 0.15) is 5.75 Å². The summed E-state index contributed by atoms with van der Waals surface area (Å²) in [5.74, 6) is -0.308. The number of Topliss-reactive ketones (excluding diaryl/α,β-unsaturated/α-hetero) is 1. The molecule has 1 heterocycles. The van der Waals surface area contributed by atoms with Crippen LogP contribution in [0, 0.1) is 0 Å². The van der Waals surface area contributed by atoms with Crippen molar-refractivity contribution in [3.8, 4) is 5.75 Å². The number of amides is 2. The first-order valence-corrected chi connectivity index (χ1v) is 10.4. The maximum Gasteiger partial charge on any atom is 0.258 e. The summed E-state index contributed by atoms with van der Waals surface area (Å²) >= 11 is 0. The Morgan fingerprint density at radius 2 is 1.59 bits per heavy atom. The Hall–Kier alpha value is -3.93. The number of ether oxygens (including phenoxy) is 1. The van der Waals surface area contributed by atoms with E-state index in [9.17, 15) is 14.4 Å². The molecule has 0 aliphatic carbocycles. The number of rotatable bonds is 7. The summed E-state index contributed by atoms with van der Waals surface area (Å²) in [6, 6.07) is 23.7. The monoisotopic (exact) mass is 428 g/mol. The SMILES string of the molecule is COc1ccc(C(=O)CC2(NC(C)=O)C(=O)N(Cc3ccccc3)c3ccccc32)cc1. The van der Waals surface area contributed by atoms with Gasteiger partial charge in [-0.25, -0.2) is 0 Å². The predicted molar refractivity (Wildman–Crippen MR) is 122 cm³/mol. The van der Waals surface area contributed by atoms with Crippen LogP contribution in [0.1, 0.15) is 34.8 Å². The van der Waals surface area contributed by atoms with Gasteiger partial charge in [-0.1, -0.05) is 48.5 Å². The number of hydrogen-bond acceptors (Lipinski definition) is 4. The van der Waals surface area contributed by atoms with Crippen molar-refractivity contribution in [2.45, 2.75) is 25.4 Å². The second kappa shape index (κ2) is 8.67. The van der Waals surface area contributed by atoms with Gasteiger partial charge in [0.05, 0.1) is 19.3 Å². The molecule has 1 N–H and O–H groups in total. The summed E-state index contributed by atoms with van der Waals surface area (Å²) in [6.07, 6.45) is -0.181. The van der Waals surface area contributed by atoms with Crippen molar-refractivity contribution in [1.82, 2.24) is 5.32 Å². The zero-order valence-electron chi connectivity index (χ0n) is 18.0. The molecule has 1 unspecified atom stereocenters. The van der Waals surface area contributed by atoms with E-state index in [2.05, 4.69) is 5.32 Å². The van der Waals surface area contributed by atoms with E-state index >= 15 is 0 Å². The summed E-state index contributed by atoms with van der Waals surface area (Å²) in [7, 11) is 1.55. The van der Waals surface area contributed by atoms with Gasteiger partial charge in [0, 0.05) is 24.5 Å². The standard InChI is InChI=1S/C26H24N2O4/c1-18(29)27-26(16-24(30)20-12-14-21(32-2)15-13-20)22-10-6-7-11-23(22)28(25(26)31)17-19-8-4-3-5-9-19/h3-15H,16-17H2,1-2H3,(H,27,29). The molecule has 6 nitrogen and oxygen atoms in total. The molecule has 0 radical (unpaired) electrons. The molecule has 0 bridgehead atoms. The fourth-order valence-electron chi connectivity index (χ4n) is 4.20. The van der Waals surface area contributed by atoms with Crippen molar-refractivity contribution in [2.75, 3.05) is 12.0 Å². The number of nitrogens with one attached hydrogen (secondary N) is 1. The third-order valence-corrected chi connectivity index (χ3v) is 5.68. The Balaban J connectivity index is 1.75. The molecule has 162 valence electrons. The van der Waals surface area contributed by atoms with Crippen LogP contribution in [0.25, 0.3) is 0 Å². The number of methoxy groups -OCH3 is 1. The van der Waals surface area contributed by atoms with E-state index in [4.69, 9.17) is 4.74 Å². The molecule has 0 saturated carbocycles. The first-order valence-electron chi connectivity index (χ1n) is 10.4. The third kappa shape index (κ3) is 3.87. The number of ketones is 1. The fraction of sp³-hybridized carbons (Fsp3) is 0.192. The fourth-order valence-corrected chi connectivity index (χ4v) is 4.20. The number of fused-ring (bicyclic) bond motifs is 1. The van der Waals surface area contributed by atoms with Gasteiger partial charge in [-0.05, 0) is 35.9 Å². The second-order valence-electron chi connectivity index (χ2n) is 7.81. The Morgan fingerprint density at radius 3 is 2.25 bits per heavy atom. The lowest BCUT2D eigenvalue weighted by atomic mass is 9.84. The van der Waals surface area contributed by atoms with Crippen LogP contribution in [-0.2, 0) is 21.7 Å². The molecule has 4 rings (SSSR count). The van der Waals surface area contributed by atoms with Crippen LogP contribution in [0.5, 0.6) is 5.75 Å². The Kier molecular flexibility index (Phi) is 5.77. The highest BCUT2D eigenvalue weighted by molar-refractivity contribution is 6.12. The van der Waals surface area contributed by atoms with E-state index in [0.717, 1.165) is 5.56 Å². The molecule has 1 aliphatic rings. The van der Waals surface area contributed by atoms with Crippen LogP contribution >= 0.6 is 0 Å². The van der Waals surface area contributed by atoms with Gasteiger partial charge >= 0.3 is 0 Å². The quantitative estimate of drug-likeness (QED) is 0.580. The van der Waals surface area contributed by atoms with E-state index in [1.165, 1.54) is 6.92 Å². The molecule has 0 aromatic heterocycles. The Labute approximate surface area is 186 Å². The first-order chi connectivity index (χ1) is 15.4. The maximum atomic E-state index is 13.8. The van der Waals surface area contributed by atoms with Crippen molar-refractivity contribution in [2.24, 2.45) is 0 Å². The topological polar surface area (TPSA) is 75.7 Å². The van der Waals surface area contributed by atoms with E-state index < -0.39 is 5.54 Å². The summed E-state index contributed by atoms with van der Waals surface area (Å²) in [5, 5.41) is 2.82. The number of nitrogens with zero attached hydrogens (tertiary/aromatic N) is 1. The highest BCUT2D eigenvalue weighted by Gasteiger charge is 2.52. The summed E-state index contributed by atoms with van der Waals surface area (Å²) < 4.78 is 5.16. The first kappa shape index (κ1) is 21.3. The maximum absolute atomic E-state index is 13.8. The average Bonchev–Trinajstić information content (AvgIpc) is 3.02. The third-order valence-electron chi connectivity index (χ3n) is 5.68. The van der Waals surface area contributed by atoms with Crippen LogP contribution in [0.2, 0.25) is 0 Å². The minimum atomic E-state index is -1.46. The van der Waals surface area contributed by atoms with Crippen LogP contribution in [0.3, 0.4) is 0 Å². The van der Waals surface area contributed by atoms with Crippen LogP contribution in [-0.4, -0.2) is 24.7 Å². The summed E-state index contributed by atoms with van der Waals surface area (Å²) in [5.41, 5.74) is 1.25. The minimum Gasteiger partial charge on any atom is -0.497 e. The number of hydrogen-bond donors (Lipinski definition) is 1. The van der Waals surface area contributed by atoms with Crippen LogP contribution in [0.15, 0.2) is 78.9 Å². The lowest BCUT2D eigenvalue weighted by molar-refractivity contribution is -0.130. The van der Waals surface area contributed by atoms with E-state index in [1.807, 2.05) is 48.5 Å². The van der Waals surface area contributed by atoms with Gasteiger partial charge in [0.25, 0.3) is 5.91 Å². The number of anilines is 1. The molecular weight excluding hydrogens is 404 g/mol. The number of carbonyl (C=O) groups is 3. The van der Waals surface area contributed by atoms with Crippen molar-refractivity contribution in [1.29, 1.82) is 0 Å². The Bertz CT molecular complexity index is 1160. The average molecular weight is 428 g/mol. The van der Waals surface area contributed by atoms with Gasteiger partial charge in [0.2, 0.25) is 5.91 Å². The van der Waals surface area contributed by atoms with E-state index in [1.54, 1.807) is 42.3 Å². The van der Waals surface area contributed by atoms with E-state index in [-0.39, 0.29) is 24.0 Å². The minimum absolute atomic E-state index is 0.181. The molecule has 1 atom stereocenters. The smallest absolute Gasteiger partial charge is 0.258 e. The molecule has 6 heteroatoms. The number of para-hydroxylation sites is 1. The van der Waals surface area contributed by atoms with Crippen molar-refractivity contribution in [3.63, 3.8) is 0 Å². The lowest BCUT2D eigenvalue weighted by Crippen LogP contribution is -2.53. The molecule has 0 saturated heterocycles. The molecular formula is C26H24N2O4. The van der Waals surface area contributed by atoms with Gasteiger partial charge < -0.3 is 15.0 Å². The number of benzene rings is 3. The van der Waals surface area contributed by atoms with Gasteiger partial charge in [-0.3, -0.25) is 14.4 Å². The van der Waals surface area contributed by atoms with Crippen LogP contribution in [0.4, 0.5) is 5.69 Å². The summed E-state index contributed by atoms with van der Waals surface area (Å²) in [6.45, 7) is 1.70. The van der Waals surface area contributed by atoms with Gasteiger partial charge in [-0.15, -0.1) is 0 Å². The van der Waals surface area contributed by atoms with Crippen molar-refractivity contribution in [3.05, 3.63) is 95.6 Å².